The van der Waals surface area contributed by atoms with Crippen LogP contribution in [0.5, 0.6) is 0 Å². The Kier molecular flexibility index (Phi) is 35.0. The molecule has 1 amide bonds. The molecule has 1 saturated heterocycles. The van der Waals surface area contributed by atoms with E-state index in [1.54, 1.807) is 0 Å². The number of carboxylic acid groups (broad SMARTS) is 1. The van der Waals surface area contributed by atoms with Crippen molar-refractivity contribution in [1.82, 2.24) is 0 Å². The quantitative estimate of drug-likeness (QED) is 0.0430. The van der Waals surface area contributed by atoms with E-state index in [2.05, 4.69) is 105 Å². The Labute approximate surface area is 281 Å². The van der Waals surface area contributed by atoms with Crippen LogP contribution in [0.4, 0.5) is 0 Å². The lowest BCUT2D eigenvalue weighted by molar-refractivity contribution is -0.652. The number of rotatable bonds is 26. The molecule has 1 aliphatic rings. The van der Waals surface area contributed by atoms with Crippen molar-refractivity contribution in [2.24, 2.45) is 0 Å². The van der Waals surface area contributed by atoms with Crippen molar-refractivity contribution in [1.29, 1.82) is 0 Å². The normalized spacial score (nSPS) is 16.5. The highest BCUT2D eigenvalue weighted by atomic mass is 16.4. The van der Waals surface area contributed by atoms with Crippen LogP contribution < -0.4 is 4.90 Å². The maximum absolute atomic E-state index is 11.2. The topological polar surface area (TPSA) is 90.3 Å². The predicted octanol–water partition coefficient (Wildman–Crippen LogP) is 9.13. The first-order chi connectivity index (χ1) is 22.1. The first-order valence-electron chi connectivity index (χ1n) is 17.4. The van der Waals surface area contributed by atoms with Crippen LogP contribution in [0.2, 0.25) is 0 Å². The third kappa shape index (κ3) is 31.9. The molecule has 0 saturated carbocycles. The molecule has 2 unspecified atom stereocenters. The lowest BCUT2D eigenvalue weighted by atomic mass is 10.2. The van der Waals surface area contributed by atoms with E-state index in [1.165, 1.54) is 51.4 Å². The van der Waals surface area contributed by atoms with Crippen molar-refractivity contribution in [2.45, 2.75) is 135 Å². The molecule has 5 nitrogen and oxygen atoms in total. The summed E-state index contributed by atoms with van der Waals surface area (Å²) in [7, 11) is 0. The first-order valence-corrected chi connectivity index (χ1v) is 17.4. The Morgan fingerprint density at radius 2 is 0.978 bits per heavy atom. The summed E-state index contributed by atoms with van der Waals surface area (Å²) in [5, 5.41) is 8.47. The first kappa shape index (κ1) is 44.7. The summed E-state index contributed by atoms with van der Waals surface area (Å²) in [5.41, 5.74) is 0. The maximum Gasteiger partial charge on any atom is 0.385 e. The summed E-state index contributed by atoms with van der Waals surface area (Å²) in [6.45, 7) is 4.46. The average molecular weight is 635 g/mol. The zero-order valence-corrected chi connectivity index (χ0v) is 28.9. The number of carbonyl (C=O) groups is 2. The Hall–Kier alpha value is -3.46. The van der Waals surface area contributed by atoms with Crippen LogP contribution in [0.1, 0.15) is 129 Å². The van der Waals surface area contributed by atoms with Gasteiger partial charge < -0.3 is 10.6 Å². The number of hydrogen-bond donors (Lipinski definition) is 2. The van der Waals surface area contributed by atoms with Crippen LogP contribution in [0.3, 0.4) is 0 Å². The van der Waals surface area contributed by atoms with E-state index in [9.17, 15) is 9.59 Å². The van der Waals surface area contributed by atoms with Gasteiger partial charge in [-0.25, -0.2) is 4.79 Å². The lowest BCUT2D eigenvalue weighted by Gasteiger charge is -1.90. The Morgan fingerprint density at radius 1 is 0.630 bits per heavy atom. The van der Waals surface area contributed by atoms with Gasteiger partial charge in [-0.2, -0.15) is 4.90 Å². The van der Waals surface area contributed by atoms with Crippen LogP contribution in [-0.2, 0) is 9.59 Å². The van der Waals surface area contributed by atoms with Crippen molar-refractivity contribution in [3.8, 4) is 12.5 Å². The van der Waals surface area contributed by atoms with Crippen LogP contribution >= 0.6 is 0 Å². The zero-order chi connectivity index (χ0) is 33.1. The van der Waals surface area contributed by atoms with Gasteiger partial charge in [0.2, 0.25) is 6.04 Å². The van der Waals surface area contributed by atoms with Crippen molar-refractivity contribution in [2.75, 3.05) is 0 Å². The summed E-state index contributed by atoms with van der Waals surface area (Å²) in [6, 6.07) is 2.52. The summed E-state index contributed by atoms with van der Waals surface area (Å²) < 4.78 is 0. The van der Waals surface area contributed by atoms with Crippen LogP contribution in [0, 0.1) is 12.5 Å². The van der Waals surface area contributed by atoms with E-state index in [-0.39, 0.29) is 23.8 Å². The van der Waals surface area contributed by atoms with Crippen molar-refractivity contribution in [3.05, 3.63) is 97.2 Å². The molecular formula is C41H64NO4+. The molecule has 0 bridgehead atoms. The third-order valence-corrected chi connectivity index (χ3v) is 7.06. The minimum atomic E-state index is -0.736. The number of allylic oxidation sites excluding steroid dienone is 16. The van der Waals surface area contributed by atoms with Gasteiger partial charge in [-0.15, -0.1) is 0 Å². The van der Waals surface area contributed by atoms with Gasteiger partial charge >= 0.3 is 11.9 Å². The standard InChI is InChI=1S/C22H31NO.C19H30O2.H2O/c1-3-5-6-7-8-9-10-11-12-13-14-15-16-17-18-19-20-21-22(24)23(21)4-2;1-2-3-4-5-6-7-8-9-10-11-12-13-14-15-16-17-18-19(20)21;/h2,8-9,11-12,14-15,17-18,21H,3,5-7,10,13,16,19-20H2,1H3;6-7,9-10,12-13,15-16H,2-5,8,11,14,17-18H2,1H3,(H,20,21);1H2/p+1/b9-8-,12-11-,15-14-,18-17-;7-6-,10-9-,13-12-,16-15-;. The van der Waals surface area contributed by atoms with E-state index >= 15 is 0 Å². The second-order valence-corrected chi connectivity index (χ2v) is 11.2. The van der Waals surface area contributed by atoms with Gasteiger partial charge in [-0.3, -0.25) is 4.79 Å². The molecule has 5 heteroatoms. The Morgan fingerprint density at radius 3 is 1.30 bits per heavy atom. The molecule has 0 aromatic carbocycles. The van der Waals surface area contributed by atoms with Crippen LogP contribution in [0.15, 0.2) is 97.2 Å². The van der Waals surface area contributed by atoms with Gasteiger partial charge in [0.15, 0.2) is 0 Å². The number of carbonyl (C=O) groups excluding carboxylic acids is 1. The molecular weight excluding hydrogens is 570 g/mol. The number of nitrogens with one attached hydrogen (secondary N) is 1. The Bertz CT molecular complexity index is 1020. The minimum absolute atomic E-state index is 0. The SMILES string of the molecule is C#C[NH+]1C(=O)C1CC/C=C\C/C=C\C/C=C\C/C=C\CCCCC.CCCCC/C=C\C/C=C\C/C=C\C/C=C\CCC(=O)O.O. The lowest BCUT2D eigenvalue weighted by Crippen LogP contribution is -2.90. The number of quaternary nitrogens is 1. The van der Waals surface area contributed by atoms with Crippen LogP contribution in [-0.4, -0.2) is 28.5 Å². The molecule has 1 aliphatic heterocycles. The highest BCUT2D eigenvalue weighted by Crippen LogP contribution is 2.04. The molecule has 1 rings (SSSR count). The largest absolute Gasteiger partial charge is 0.481 e. The smallest absolute Gasteiger partial charge is 0.385 e. The van der Waals surface area contributed by atoms with Gasteiger partial charge in [0.1, 0.15) is 6.04 Å². The van der Waals surface area contributed by atoms with E-state index < -0.39 is 5.97 Å². The molecule has 0 aliphatic carbocycles. The molecule has 1 heterocycles. The number of aliphatic carboxylic acids is 1. The average Bonchev–Trinajstić information content (AvgIpc) is 3.67. The van der Waals surface area contributed by atoms with Gasteiger partial charge in [0, 0.05) is 12.8 Å². The summed E-state index contributed by atoms with van der Waals surface area (Å²) in [6.07, 6.45) is 58.8. The van der Waals surface area contributed by atoms with E-state index in [1.807, 2.05) is 12.2 Å². The van der Waals surface area contributed by atoms with E-state index in [0.717, 1.165) is 51.4 Å². The van der Waals surface area contributed by atoms with Crippen molar-refractivity contribution >= 4 is 11.9 Å². The second-order valence-electron chi connectivity index (χ2n) is 11.2. The zero-order valence-electron chi connectivity index (χ0n) is 28.9. The van der Waals surface area contributed by atoms with Crippen molar-refractivity contribution in [3.63, 3.8) is 0 Å². The number of hydrogen-bond acceptors (Lipinski definition) is 2. The fraction of sp³-hybridized carbons (Fsp3) is 0.512. The summed E-state index contributed by atoms with van der Waals surface area (Å²) in [4.78, 5) is 22.2. The molecule has 0 radical (unpaired) electrons. The molecule has 256 valence electrons. The highest BCUT2D eigenvalue weighted by molar-refractivity contribution is 5.83. The fourth-order valence-electron chi connectivity index (χ4n) is 4.29. The molecule has 0 aromatic rings. The van der Waals surface area contributed by atoms with Gasteiger partial charge in [-0.05, 0) is 77.0 Å². The van der Waals surface area contributed by atoms with E-state index in [4.69, 9.17) is 11.5 Å². The number of carboxylic acids is 1. The molecule has 46 heavy (non-hydrogen) atoms. The van der Waals surface area contributed by atoms with Gasteiger partial charge in [-0.1, -0.05) is 143 Å². The number of unbranched alkanes of at least 4 members (excludes halogenated alkanes) is 6. The monoisotopic (exact) mass is 634 g/mol. The maximum atomic E-state index is 11.2. The number of amides is 1. The predicted molar refractivity (Wildman–Crippen MR) is 197 cm³/mol. The molecule has 0 aromatic heterocycles. The third-order valence-electron chi connectivity index (χ3n) is 7.06. The fourth-order valence-corrected chi connectivity index (χ4v) is 4.29. The molecule has 2 atom stereocenters. The summed E-state index contributed by atoms with van der Waals surface area (Å²) >= 11 is 0. The molecule has 1 fully saturated rings. The number of terminal acetylenes is 1. The van der Waals surface area contributed by atoms with E-state index in [0.29, 0.717) is 11.3 Å². The Balaban J connectivity index is 0. The van der Waals surface area contributed by atoms with Gasteiger partial charge in [0.25, 0.3) is 0 Å². The van der Waals surface area contributed by atoms with Crippen LogP contribution in [0.25, 0.3) is 0 Å². The van der Waals surface area contributed by atoms with Crippen molar-refractivity contribution < 1.29 is 25.1 Å². The summed E-state index contributed by atoms with van der Waals surface area (Å²) in [5.74, 6) is -0.562. The highest BCUT2D eigenvalue weighted by Gasteiger charge is 2.53. The molecule has 4 N–H and O–H groups in total. The minimum Gasteiger partial charge on any atom is -0.481 e. The second kappa shape index (κ2) is 36.0. The van der Waals surface area contributed by atoms with Gasteiger partial charge in [0.05, 0.1) is 0 Å². The molecule has 0 spiro atoms.